The van der Waals surface area contributed by atoms with Crippen LogP contribution in [0, 0.1) is 17.8 Å². The molecule has 2 aliphatic carbocycles. The van der Waals surface area contributed by atoms with Crippen LogP contribution >= 0.6 is 0 Å². The highest BCUT2D eigenvalue weighted by molar-refractivity contribution is 7.89. The summed E-state index contributed by atoms with van der Waals surface area (Å²) in [6.45, 7) is 0.960. The number of aromatic nitrogens is 1. The fraction of sp³-hybridized carbons (Fsp3) is 0.667. The Morgan fingerprint density at radius 2 is 1.86 bits per heavy atom. The lowest BCUT2D eigenvalue weighted by Gasteiger charge is -2.17. The second-order valence-corrected chi connectivity index (χ2v) is 8.54. The number of rotatable bonds is 7. The molecule has 0 saturated heterocycles. The Labute approximate surface area is 126 Å². The number of hydrogen-bond acceptors (Lipinski definition) is 4. The highest BCUT2D eigenvalue weighted by Gasteiger charge is 2.41. The molecule has 0 unspecified atom stereocenters. The van der Waals surface area contributed by atoms with Crippen LogP contribution in [-0.4, -0.2) is 38.3 Å². The Morgan fingerprint density at radius 3 is 2.29 bits per heavy atom. The molecule has 1 aromatic heterocycles. The van der Waals surface area contributed by atoms with E-state index in [9.17, 15) is 8.42 Å². The van der Waals surface area contributed by atoms with Gasteiger partial charge in [-0.3, -0.25) is 0 Å². The summed E-state index contributed by atoms with van der Waals surface area (Å²) < 4.78 is 25.1. The van der Waals surface area contributed by atoms with Gasteiger partial charge in [-0.2, -0.15) is 0 Å². The van der Waals surface area contributed by atoms with Crippen molar-refractivity contribution in [2.75, 3.05) is 26.0 Å². The van der Waals surface area contributed by atoms with E-state index in [1.807, 2.05) is 0 Å². The molecule has 1 heterocycles. The van der Waals surface area contributed by atoms with Crippen LogP contribution in [0.25, 0.3) is 0 Å². The number of nitrogens with one attached hydrogen (secondary N) is 1. The van der Waals surface area contributed by atoms with Gasteiger partial charge in [-0.05, 0) is 55.6 Å². The molecule has 21 heavy (non-hydrogen) atoms. The third kappa shape index (κ3) is 3.37. The Hall–Kier alpha value is -1.14. The van der Waals surface area contributed by atoms with Crippen molar-refractivity contribution in [2.24, 2.45) is 17.8 Å². The van der Waals surface area contributed by atoms with E-state index in [-0.39, 0.29) is 4.90 Å². The summed E-state index contributed by atoms with van der Waals surface area (Å²) in [7, 11) is -0.338. The zero-order valence-electron chi connectivity index (χ0n) is 12.6. The van der Waals surface area contributed by atoms with Gasteiger partial charge in [0.05, 0.1) is 0 Å². The minimum Gasteiger partial charge on any atom is -0.370 e. The molecule has 0 bridgehead atoms. The summed E-state index contributed by atoms with van der Waals surface area (Å²) >= 11 is 0. The van der Waals surface area contributed by atoms with E-state index in [1.165, 1.54) is 50.3 Å². The normalized spacial score (nSPS) is 19.2. The molecule has 116 valence electrons. The molecule has 0 amide bonds. The van der Waals surface area contributed by atoms with Crippen LogP contribution in [-0.2, 0) is 10.0 Å². The van der Waals surface area contributed by atoms with Crippen LogP contribution in [0.1, 0.15) is 25.7 Å². The zero-order valence-corrected chi connectivity index (χ0v) is 13.4. The molecule has 0 atom stereocenters. The van der Waals surface area contributed by atoms with Crippen LogP contribution in [0.15, 0.2) is 23.2 Å². The molecular formula is C15H23N3O2S. The van der Waals surface area contributed by atoms with Crippen molar-refractivity contribution in [2.45, 2.75) is 30.6 Å². The zero-order chi connectivity index (χ0) is 15.0. The Kier molecular flexibility index (Phi) is 3.92. The molecule has 0 radical (unpaired) electrons. The summed E-state index contributed by atoms with van der Waals surface area (Å²) in [5.74, 6) is 3.34. The van der Waals surface area contributed by atoms with Crippen molar-refractivity contribution in [1.29, 1.82) is 0 Å². The molecule has 2 saturated carbocycles. The first-order valence-electron chi connectivity index (χ1n) is 7.61. The second kappa shape index (κ2) is 5.57. The van der Waals surface area contributed by atoms with Crippen molar-refractivity contribution in [3.05, 3.63) is 18.3 Å². The molecule has 1 aromatic rings. The smallest absolute Gasteiger partial charge is 0.244 e. The molecule has 0 spiro atoms. The van der Waals surface area contributed by atoms with Gasteiger partial charge in [-0.15, -0.1) is 0 Å². The topological polar surface area (TPSA) is 62.3 Å². The highest BCUT2D eigenvalue weighted by atomic mass is 32.2. The van der Waals surface area contributed by atoms with Crippen LogP contribution in [0.5, 0.6) is 0 Å². The summed E-state index contributed by atoms with van der Waals surface area (Å²) in [5.41, 5.74) is 0. The first-order valence-corrected chi connectivity index (χ1v) is 9.05. The van der Waals surface area contributed by atoms with E-state index < -0.39 is 10.0 Å². The maximum atomic E-state index is 12.0. The van der Waals surface area contributed by atoms with E-state index in [2.05, 4.69) is 10.3 Å². The maximum Gasteiger partial charge on any atom is 0.244 e. The van der Waals surface area contributed by atoms with Gasteiger partial charge < -0.3 is 5.32 Å². The van der Waals surface area contributed by atoms with Crippen molar-refractivity contribution in [3.63, 3.8) is 0 Å². The van der Waals surface area contributed by atoms with Crippen molar-refractivity contribution in [3.8, 4) is 0 Å². The fourth-order valence-electron chi connectivity index (χ4n) is 2.84. The van der Waals surface area contributed by atoms with Gasteiger partial charge in [0.15, 0.2) is 0 Å². The van der Waals surface area contributed by atoms with Gasteiger partial charge in [-0.25, -0.2) is 17.7 Å². The summed E-state index contributed by atoms with van der Waals surface area (Å²) in [5, 5.41) is 3.38. The van der Waals surface area contributed by atoms with Gasteiger partial charge in [0.1, 0.15) is 10.7 Å². The SMILES string of the molecule is CN(C)S(=O)(=O)c1ccc(NCC(C2CC2)C2CC2)nc1. The van der Waals surface area contributed by atoms with Gasteiger partial charge >= 0.3 is 0 Å². The average molecular weight is 309 g/mol. The molecule has 6 heteroatoms. The van der Waals surface area contributed by atoms with Crippen LogP contribution < -0.4 is 5.32 Å². The maximum absolute atomic E-state index is 12.0. The number of pyridine rings is 1. The number of sulfonamides is 1. The number of hydrogen-bond donors (Lipinski definition) is 1. The molecule has 2 fully saturated rings. The number of nitrogens with zero attached hydrogens (tertiary/aromatic N) is 2. The van der Waals surface area contributed by atoms with Crippen molar-refractivity contribution < 1.29 is 8.42 Å². The fourth-order valence-corrected chi connectivity index (χ4v) is 3.69. The molecule has 0 aliphatic heterocycles. The van der Waals surface area contributed by atoms with Gasteiger partial charge in [-0.1, -0.05) is 0 Å². The van der Waals surface area contributed by atoms with E-state index in [0.717, 1.165) is 30.1 Å². The quantitative estimate of drug-likeness (QED) is 0.838. The van der Waals surface area contributed by atoms with Crippen LogP contribution in [0.2, 0.25) is 0 Å². The average Bonchev–Trinajstić information content (AvgIpc) is 3.33. The summed E-state index contributed by atoms with van der Waals surface area (Å²) in [6, 6.07) is 3.38. The van der Waals surface area contributed by atoms with Gasteiger partial charge in [0, 0.05) is 26.8 Å². The monoisotopic (exact) mass is 309 g/mol. The van der Waals surface area contributed by atoms with Crippen LogP contribution in [0.3, 0.4) is 0 Å². The first kappa shape index (κ1) is 14.8. The van der Waals surface area contributed by atoms with E-state index in [1.54, 1.807) is 12.1 Å². The predicted molar refractivity (Wildman–Crippen MR) is 82.5 cm³/mol. The first-order chi connectivity index (χ1) is 9.98. The molecule has 0 aromatic carbocycles. The second-order valence-electron chi connectivity index (χ2n) is 6.39. The molecule has 5 nitrogen and oxygen atoms in total. The third-order valence-electron chi connectivity index (χ3n) is 4.49. The molecule has 1 N–H and O–H groups in total. The third-order valence-corrected chi connectivity index (χ3v) is 6.29. The van der Waals surface area contributed by atoms with E-state index in [0.29, 0.717) is 0 Å². The van der Waals surface area contributed by atoms with E-state index >= 15 is 0 Å². The lowest BCUT2D eigenvalue weighted by molar-refractivity contribution is 0.427. The Balaban J connectivity index is 1.62. The lowest BCUT2D eigenvalue weighted by atomic mass is 9.98. The molecule has 2 aliphatic rings. The predicted octanol–water partition coefficient (Wildman–Crippen LogP) is 2.18. The van der Waals surface area contributed by atoms with Crippen molar-refractivity contribution >= 4 is 15.8 Å². The Bertz CT molecular complexity index is 578. The number of anilines is 1. The van der Waals surface area contributed by atoms with Crippen LogP contribution in [0.4, 0.5) is 5.82 Å². The Morgan fingerprint density at radius 1 is 1.24 bits per heavy atom. The minimum atomic E-state index is -3.39. The van der Waals surface area contributed by atoms with Gasteiger partial charge in [0.2, 0.25) is 10.0 Å². The summed E-state index contributed by atoms with van der Waals surface area (Å²) in [4.78, 5) is 4.48. The highest BCUT2D eigenvalue weighted by Crippen LogP contribution is 2.49. The van der Waals surface area contributed by atoms with Crippen molar-refractivity contribution in [1.82, 2.24) is 9.29 Å². The lowest BCUT2D eigenvalue weighted by Crippen LogP contribution is -2.22. The van der Waals surface area contributed by atoms with Gasteiger partial charge in [0.25, 0.3) is 0 Å². The molecule has 3 rings (SSSR count). The van der Waals surface area contributed by atoms with E-state index in [4.69, 9.17) is 0 Å². The largest absolute Gasteiger partial charge is 0.370 e. The molecular weight excluding hydrogens is 286 g/mol. The standard InChI is InChI=1S/C15H23N3O2S/c1-18(2)21(19,20)13-7-8-15(16-9-13)17-10-14(11-3-4-11)12-5-6-12/h7-9,11-12,14H,3-6,10H2,1-2H3,(H,16,17). The summed E-state index contributed by atoms with van der Waals surface area (Å²) in [6.07, 6.45) is 6.92. The minimum absolute atomic E-state index is 0.235.